The molecule has 0 fully saturated rings. The molecule has 21 heavy (non-hydrogen) atoms. The Balaban J connectivity index is 2.42. The third-order valence-corrected chi connectivity index (χ3v) is 2.32. The Morgan fingerprint density at radius 2 is 1.81 bits per heavy atom. The minimum atomic E-state index is -4.80. The van der Waals surface area contributed by atoms with Crippen LogP contribution in [0.2, 0.25) is 0 Å². The molecule has 0 aliphatic carbocycles. The molecule has 0 atom stereocenters. The molecule has 0 amide bonds. The van der Waals surface area contributed by atoms with E-state index in [4.69, 9.17) is 4.74 Å². The molecule has 4 nitrogen and oxygen atoms in total. The molecule has 0 bridgehead atoms. The molecule has 1 heterocycles. The van der Waals surface area contributed by atoms with Crippen LogP contribution in [-0.4, -0.2) is 17.0 Å². The van der Waals surface area contributed by atoms with Crippen molar-refractivity contribution in [3.63, 3.8) is 0 Å². The molecule has 0 unspecified atom stereocenters. The molecule has 2 rings (SSSR count). The Kier molecular flexibility index (Phi) is 3.92. The van der Waals surface area contributed by atoms with Gasteiger partial charge in [0.05, 0.1) is 0 Å². The maximum Gasteiger partial charge on any atom is 0.451 e. The molecular formula is C12H8F5N3O. The van der Waals surface area contributed by atoms with Crippen LogP contribution < -0.4 is 10.1 Å². The highest BCUT2D eigenvalue weighted by molar-refractivity contribution is 5.40. The minimum Gasteiger partial charge on any atom is -0.436 e. The van der Waals surface area contributed by atoms with E-state index in [0.29, 0.717) is 6.07 Å². The van der Waals surface area contributed by atoms with Gasteiger partial charge in [-0.3, -0.25) is 0 Å². The van der Waals surface area contributed by atoms with E-state index in [1.807, 2.05) is 0 Å². The zero-order valence-corrected chi connectivity index (χ0v) is 10.5. The van der Waals surface area contributed by atoms with Gasteiger partial charge < -0.3 is 10.1 Å². The SMILES string of the molecule is CNc1cc(Oc2cc(F)ccc2F)nc(C(F)(F)F)n1. The van der Waals surface area contributed by atoms with Crippen molar-refractivity contribution in [2.75, 3.05) is 12.4 Å². The van der Waals surface area contributed by atoms with E-state index in [2.05, 4.69) is 15.3 Å². The van der Waals surface area contributed by atoms with Crippen molar-refractivity contribution in [1.82, 2.24) is 9.97 Å². The van der Waals surface area contributed by atoms with Gasteiger partial charge in [0.25, 0.3) is 0 Å². The first kappa shape index (κ1) is 14.9. The smallest absolute Gasteiger partial charge is 0.436 e. The Hall–Kier alpha value is -2.45. The number of benzene rings is 1. The van der Waals surface area contributed by atoms with Crippen LogP contribution in [-0.2, 0) is 6.18 Å². The van der Waals surface area contributed by atoms with Gasteiger partial charge in [0.15, 0.2) is 11.6 Å². The topological polar surface area (TPSA) is 47.0 Å². The van der Waals surface area contributed by atoms with Gasteiger partial charge in [-0.2, -0.15) is 18.2 Å². The summed E-state index contributed by atoms with van der Waals surface area (Å²) in [6, 6.07) is 3.36. The molecule has 1 N–H and O–H groups in total. The Morgan fingerprint density at radius 3 is 2.43 bits per heavy atom. The second-order valence-corrected chi connectivity index (χ2v) is 3.84. The second kappa shape index (κ2) is 5.51. The van der Waals surface area contributed by atoms with Crippen LogP contribution >= 0.6 is 0 Å². The summed E-state index contributed by atoms with van der Waals surface area (Å²) in [5.41, 5.74) is 0. The number of hydrogen-bond donors (Lipinski definition) is 1. The predicted octanol–water partition coefficient (Wildman–Crippen LogP) is 3.61. The van der Waals surface area contributed by atoms with E-state index in [1.54, 1.807) is 0 Å². The van der Waals surface area contributed by atoms with Gasteiger partial charge in [0.2, 0.25) is 11.7 Å². The summed E-state index contributed by atoms with van der Waals surface area (Å²) in [4.78, 5) is 6.34. The zero-order valence-electron chi connectivity index (χ0n) is 10.5. The molecule has 0 radical (unpaired) electrons. The lowest BCUT2D eigenvalue weighted by Crippen LogP contribution is -2.13. The number of nitrogens with zero attached hydrogens (tertiary/aromatic N) is 2. The van der Waals surface area contributed by atoms with E-state index < -0.39 is 35.3 Å². The van der Waals surface area contributed by atoms with E-state index in [0.717, 1.165) is 18.2 Å². The normalized spacial score (nSPS) is 11.3. The fourth-order valence-corrected chi connectivity index (χ4v) is 1.40. The first-order chi connectivity index (χ1) is 9.79. The highest BCUT2D eigenvalue weighted by Gasteiger charge is 2.35. The van der Waals surface area contributed by atoms with Gasteiger partial charge >= 0.3 is 6.18 Å². The molecule has 2 aromatic rings. The maximum atomic E-state index is 13.4. The quantitative estimate of drug-likeness (QED) is 0.880. The van der Waals surface area contributed by atoms with Gasteiger partial charge in [0, 0.05) is 19.2 Å². The monoisotopic (exact) mass is 305 g/mol. The number of hydrogen-bond acceptors (Lipinski definition) is 4. The molecule has 0 aliphatic rings. The van der Waals surface area contributed by atoms with E-state index in [9.17, 15) is 22.0 Å². The number of halogens is 5. The summed E-state index contributed by atoms with van der Waals surface area (Å²) in [7, 11) is 1.34. The van der Waals surface area contributed by atoms with Crippen LogP contribution in [0.3, 0.4) is 0 Å². The van der Waals surface area contributed by atoms with Crippen LogP contribution in [0.1, 0.15) is 5.82 Å². The molecule has 0 spiro atoms. The number of anilines is 1. The third kappa shape index (κ3) is 3.56. The summed E-state index contributed by atoms with van der Waals surface area (Å²) < 4.78 is 69.1. The van der Waals surface area contributed by atoms with E-state index in [1.165, 1.54) is 7.05 Å². The fraction of sp³-hybridized carbons (Fsp3) is 0.167. The van der Waals surface area contributed by atoms with Crippen LogP contribution in [0.5, 0.6) is 11.6 Å². The Labute approximate surface area is 115 Å². The lowest BCUT2D eigenvalue weighted by molar-refractivity contribution is -0.145. The number of rotatable bonds is 3. The summed E-state index contributed by atoms with van der Waals surface area (Å²) in [6.07, 6.45) is -4.80. The largest absolute Gasteiger partial charge is 0.451 e. The van der Waals surface area contributed by atoms with Crippen LogP contribution in [0.15, 0.2) is 24.3 Å². The van der Waals surface area contributed by atoms with Crippen molar-refractivity contribution < 1.29 is 26.7 Å². The van der Waals surface area contributed by atoms with Gasteiger partial charge in [-0.05, 0) is 12.1 Å². The lowest BCUT2D eigenvalue weighted by atomic mass is 10.3. The summed E-state index contributed by atoms with van der Waals surface area (Å²) in [6.45, 7) is 0. The van der Waals surface area contributed by atoms with Crippen molar-refractivity contribution >= 4 is 5.82 Å². The van der Waals surface area contributed by atoms with Crippen molar-refractivity contribution in [3.05, 3.63) is 41.7 Å². The first-order valence-electron chi connectivity index (χ1n) is 5.56. The minimum absolute atomic E-state index is 0.177. The summed E-state index contributed by atoms with van der Waals surface area (Å²) >= 11 is 0. The van der Waals surface area contributed by atoms with Gasteiger partial charge in [-0.15, -0.1) is 0 Å². The van der Waals surface area contributed by atoms with Gasteiger partial charge in [-0.1, -0.05) is 0 Å². The molecule has 0 saturated heterocycles. The van der Waals surface area contributed by atoms with Crippen LogP contribution in [0.25, 0.3) is 0 Å². The average Bonchev–Trinajstić information content (AvgIpc) is 2.41. The second-order valence-electron chi connectivity index (χ2n) is 3.84. The summed E-state index contributed by atoms with van der Waals surface area (Å²) in [5, 5.41) is 2.39. The number of aromatic nitrogens is 2. The molecule has 0 aliphatic heterocycles. The molecular weight excluding hydrogens is 297 g/mol. The number of alkyl halides is 3. The Bertz CT molecular complexity index is 660. The number of nitrogens with one attached hydrogen (secondary N) is 1. The predicted molar refractivity (Wildman–Crippen MR) is 63.0 cm³/mol. The standard InChI is InChI=1S/C12H8F5N3O/c1-18-9-5-10(20-11(19-9)12(15,16)17)21-8-4-6(13)2-3-7(8)14/h2-5H,1H3,(H,18,19,20). The van der Waals surface area contributed by atoms with Gasteiger partial charge in [0.1, 0.15) is 11.6 Å². The average molecular weight is 305 g/mol. The molecule has 1 aromatic heterocycles. The Morgan fingerprint density at radius 1 is 1.10 bits per heavy atom. The maximum absolute atomic E-state index is 13.4. The van der Waals surface area contributed by atoms with Crippen molar-refractivity contribution in [3.8, 4) is 11.6 Å². The van der Waals surface area contributed by atoms with Crippen LogP contribution in [0.4, 0.5) is 27.8 Å². The molecule has 1 aromatic carbocycles. The lowest BCUT2D eigenvalue weighted by Gasteiger charge is -2.11. The number of ether oxygens (including phenoxy) is 1. The van der Waals surface area contributed by atoms with Crippen LogP contribution in [0, 0.1) is 11.6 Å². The first-order valence-corrected chi connectivity index (χ1v) is 5.56. The van der Waals surface area contributed by atoms with Crippen molar-refractivity contribution in [2.24, 2.45) is 0 Å². The zero-order chi connectivity index (χ0) is 15.6. The molecule has 112 valence electrons. The third-order valence-electron chi connectivity index (χ3n) is 2.32. The van der Waals surface area contributed by atoms with Gasteiger partial charge in [-0.25, -0.2) is 13.8 Å². The fourth-order valence-electron chi connectivity index (χ4n) is 1.40. The molecule has 9 heteroatoms. The van der Waals surface area contributed by atoms with E-state index in [-0.39, 0.29) is 5.82 Å². The van der Waals surface area contributed by atoms with Crippen molar-refractivity contribution in [1.29, 1.82) is 0 Å². The van der Waals surface area contributed by atoms with E-state index >= 15 is 0 Å². The molecule has 0 saturated carbocycles. The highest BCUT2D eigenvalue weighted by Crippen LogP contribution is 2.31. The summed E-state index contributed by atoms with van der Waals surface area (Å²) in [5.74, 6) is -4.51. The highest BCUT2D eigenvalue weighted by atomic mass is 19.4. The van der Waals surface area contributed by atoms with Crippen molar-refractivity contribution in [2.45, 2.75) is 6.18 Å².